The zero-order valence-corrected chi connectivity index (χ0v) is 20.0. The molecule has 1 aliphatic heterocycles. The minimum absolute atomic E-state index is 0.0545. The van der Waals surface area contributed by atoms with Crippen molar-refractivity contribution in [1.82, 2.24) is 4.90 Å². The molecule has 7 heteroatoms. The Morgan fingerprint density at radius 1 is 0.972 bits per heavy atom. The van der Waals surface area contributed by atoms with Gasteiger partial charge in [-0.2, -0.15) is 0 Å². The lowest BCUT2D eigenvalue weighted by atomic mass is 9.90. The van der Waals surface area contributed by atoms with E-state index in [0.717, 1.165) is 27.8 Å². The number of phenols is 1. The molecular weight excluding hydrogens is 456 g/mol. The highest BCUT2D eigenvalue weighted by Gasteiger charge is 2.41. The van der Waals surface area contributed by atoms with Crippen LogP contribution in [0.4, 0.5) is 5.69 Å². The second-order valence-corrected chi connectivity index (χ2v) is 9.51. The van der Waals surface area contributed by atoms with Crippen LogP contribution >= 0.6 is 0 Å². The number of likely N-dealkylation sites (tertiary alicyclic amines) is 1. The molecule has 0 radical (unpaired) electrons. The number of hydrogen-bond donors (Lipinski definition) is 3. The summed E-state index contributed by atoms with van der Waals surface area (Å²) in [5, 5.41) is 22.0. The first-order valence-corrected chi connectivity index (χ1v) is 12.2. The molecule has 3 aromatic carbocycles. The van der Waals surface area contributed by atoms with Gasteiger partial charge in [-0.1, -0.05) is 42.5 Å². The van der Waals surface area contributed by atoms with Crippen LogP contribution in [0.3, 0.4) is 0 Å². The molecule has 36 heavy (non-hydrogen) atoms. The Morgan fingerprint density at radius 2 is 1.69 bits per heavy atom. The third kappa shape index (κ3) is 4.33. The molecule has 3 atom stereocenters. The Bertz CT molecular complexity index is 1330. The van der Waals surface area contributed by atoms with Crippen LogP contribution in [0.2, 0.25) is 0 Å². The normalized spacial score (nSPS) is 20.0. The summed E-state index contributed by atoms with van der Waals surface area (Å²) in [6, 6.07) is 19.9. The number of aromatic hydroxyl groups is 1. The van der Waals surface area contributed by atoms with Crippen LogP contribution in [0.5, 0.6) is 5.75 Å². The number of carboxylic acids is 1. The largest absolute Gasteiger partial charge is 0.508 e. The van der Waals surface area contributed by atoms with E-state index in [1.165, 1.54) is 6.92 Å². The number of aliphatic carboxylic acids is 1. The van der Waals surface area contributed by atoms with Gasteiger partial charge in [-0.15, -0.1) is 0 Å². The number of hydrogen-bond acceptors (Lipinski definition) is 4. The number of amides is 2. The predicted molar refractivity (Wildman–Crippen MR) is 136 cm³/mol. The van der Waals surface area contributed by atoms with E-state index >= 15 is 0 Å². The summed E-state index contributed by atoms with van der Waals surface area (Å²) in [5.41, 5.74) is 5.75. The summed E-state index contributed by atoms with van der Waals surface area (Å²) < 4.78 is 0. The van der Waals surface area contributed by atoms with Crippen molar-refractivity contribution in [2.24, 2.45) is 0 Å². The fourth-order valence-corrected chi connectivity index (χ4v) is 5.72. The molecule has 5 rings (SSSR count). The van der Waals surface area contributed by atoms with Crippen molar-refractivity contribution in [2.45, 2.75) is 44.1 Å². The fraction of sp³-hybridized carbons (Fsp3) is 0.276. The van der Waals surface area contributed by atoms with Gasteiger partial charge < -0.3 is 20.4 Å². The van der Waals surface area contributed by atoms with Gasteiger partial charge >= 0.3 is 5.97 Å². The van der Waals surface area contributed by atoms with Gasteiger partial charge in [-0.3, -0.25) is 14.4 Å². The van der Waals surface area contributed by atoms with Crippen LogP contribution in [0.25, 0.3) is 11.1 Å². The Hall–Kier alpha value is -4.13. The first-order chi connectivity index (χ1) is 17.3. The highest BCUT2D eigenvalue weighted by atomic mass is 16.4. The number of nitrogens with one attached hydrogen (secondary N) is 1. The number of carboxylic acid groups (broad SMARTS) is 1. The maximum atomic E-state index is 13.6. The maximum absolute atomic E-state index is 13.6. The molecule has 1 fully saturated rings. The SMILES string of the molecule is CC(=O)N1CCC(c2ccc(O)cc2)[C@@H]1C(=O)Nc1ccc2c(c1)C(CCC(=O)O)c1ccccc1-2. The Labute approximate surface area is 209 Å². The molecule has 1 saturated heterocycles. The van der Waals surface area contributed by atoms with Crippen molar-refractivity contribution in [2.75, 3.05) is 11.9 Å². The van der Waals surface area contributed by atoms with E-state index in [-0.39, 0.29) is 35.8 Å². The third-order valence-electron chi connectivity index (χ3n) is 7.36. The molecule has 0 aromatic heterocycles. The van der Waals surface area contributed by atoms with E-state index < -0.39 is 12.0 Å². The molecule has 0 saturated carbocycles. The van der Waals surface area contributed by atoms with E-state index in [4.69, 9.17) is 0 Å². The molecule has 1 aliphatic carbocycles. The molecule has 0 bridgehead atoms. The highest BCUT2D eigenvalue weighted by Crippen LogP contribution is 2.47. The summed E-state index contributed by atoms with van der Waals surface area (Å²) in [4.78, 5) is 38.8. The van der Waals surface area contributed by atoms with E-state index in [1.54, 1.807) is 29.2 Å². The first-order valence-electron chi connectivity index (χ1n) is 12.2. The summed E-state index contributed by atoms with van der Waals surface area (Å²) in [6.45, 7) is 1.95. The van der Waals surface area contributed by atoms with Crippen LogP contribution in [-0.4, -0.2) is 45.5 Å². The van der Waals surface area contributed by atoms with Crippen molar-refractivity contribution in [3.63, 3.8) is 0 Å². The standard InChI is InChI=1S/C29H28N2O5/c1-17(32)31-15-14-21(18-6-9-20(33)10-7-18)28(31)29(36)30-19-8-11-24-22-4-2-3-5-23(22)25(26(24)16-19)12-13-27(34)35/h2-11,16,21,25,28,33H,12-15H2,1H3,(H,30,36)(H,34,35)/t21?,25?,28-/m1/s1. The number of fused-ring (bicyclic) bond motifs is 3. The number of anilines is 1. The van der Waals surface area contributed by atoms with Crippen molar-refractivity contribution >= 4 is 23.5 Å². The molecule has 2 unspecified atom stereocenters. The van der Waals surface area contributed by atoms with E-state index in [0.29, 0.717) is 25.1 Å². The molecule has 2 amide bonds. The summed E-state index contributed by atoms with van der Waals surface area (Å²) in [7, 11) is 0. The molecule has 184 valence electrons. The van der Waals surface area contributed by atoms with Gasteiger partial charge in [-0.05, 0) is 64.9 Å². The summed E-state index contributed by atoms with van der Waals surface area (Å²) >= 11 is 0. The van der Waals surface area contributed by atoms with Crippen LogP contribution in [0, 0.1) is 0 Å². The molecular formula is C29H28N2O5. The average Bonchev–Trinajstić information content (AvgIpc) is 3.43. The van der Waals surface area contributed by atoms with Crippen molar-refractivity contribution in [3.05, 3.63) is 83.4 Å². The van der Waals surface area contributed by atoms with Gasteiger partial charge in [-0.25, -0.2) is 0 Å². The third-order valence-corrected chi connectivity index (χ3v) is 7.36. The second kappa shape index (κ2) is 9.49. The van der Waals surface area contributed by atoms with Crippen molar-refractivity contribution in [3.8, 4) is 16.9 Å². The van der Waals surface area contributed by atoms with Crippen LogP contribution in [0.1, 0.15) is 54.7 Å². The number of carbonyl (C=O) groups excluding carboxylic acids is 2. The lowest BCUT2D eigenvalue weighted by Crippen LogP contribution is -2.44. The van der Waals surface area contributed by atoms with Crippen LogP contribution in [0.15, 0.2) is 66.7 Å². The zero-order chi connectivity index (χ0) is 25.4. The smallest absolute Gasteiger partial charge is 0.303 e. The topological polar surface area (TPSA) is 107 Å². The van der Waals surface area contributed by atoms with Crippen molar-refractivity contribution < 1.29 is 24.6 Å². The fourth-order valence-electron chi connectivity index (χ4n) is 5.72. The minimum Gasteiger partial charge on any atom is -0.508 e. The number of carbonyl (C=O) groups is 3. The quantitative estimate of drug-likeness (QED) is 0.470. The lowest BCUT2D eigenvalue weighted by molar-refractivity contribution is -0.137. The summed E-state index contributed by atoms with van der Waals surface area (Å²) in [5.74, 6) is -1.35. The number of benzene rings is 3. The molecule has 2 aliphatic rings. The Kier molecular flexibility index (Phi) is 6.22. The Balaban J connectivity index is 1.43. The minimum atomic E-state index is -0.837. The van der Waals surface area contributed by atoms with Crippen LogP contribution in [-0.2, 0) is 14.4 Å². The van der Waals surface area contributed by atoms with Gasteiger partial charge in [0.25, 0.3) is 0 Å². The first kappa shape index (κ1) is 23.6. The van der Waals surface area contributed by atoms with E-state index in [2.05, 4.69) is 5.32 Å². The monoisotopic (exact) mass is 484 g/mol. The molecule has 3 N–H and O–H groups in total. The Morgan fingerprint density at radius 3 is 2.42 bits per heavy atom. The average molecular weight is 485 g/mol. The molecule has 1 heterocycles. The van der Waals surface area contributed by atoms with Crippen LogP contribution < -0.4 is 5.32 Å². The molecule has 3 aromatic rings. The predicted octanol–water partition coefficient (Wildman–Crippen LogP) is 4.71. The number of nitrogens with zero attached hydrogens (tertiary/aromatic N) is 1. The highest BCUT2D eigenvalue weighted by molar-refractivity contribution is 5.98. The molecule has 0 spiro atoms. The second-order valence-electron chi connectivity index (χ2n) is 9.51. The van der Waals surface area contributed by atoms with E-state index in [1.807, 2.05) is 42.5 Å². The lowest BCUT2D eigenvalue weighted by Gasteiger charge is -2.27. The zero-order valence-electron chi connectivity index (χ0n) is 20.0. The summed E-state index contributed by atoms with van der Waals surface area (Å²) in [6.07, 6.45) is 1.18. The van der Waals surface area contributed by atoms with Gasteiger partial charge in [0, 0.05) is 37.4 Å². The maximum Gasteiger partial charge on any atom is 0.303 e. The van der Waals surface area contributed by atoms with Gasteiger partial charge in [0.05, 0.1) is 0 Å². The number of phenolic OH excluding ortho intramolecular Hbond substituents is 1. The van der Waals surface area contributed by atoms with E-state index in [9.17, 15) is 24.6 Å². The number of rotatable bonds is 6. The van der Waals surface area contributed by atoms with Crippen molar-refractivity contribution in [1.29, 1.82) is 0 Å². The van der Waals surface area contributed by atoms with Gasteiger partial charge in [0.2, 0.25) is 11.8 Å². The molecule has 7 nitrogen and oxygen atoms in total. The van der Waals surface area contributed by atoms with Gasteiger partial charge in [0.1, 0.15) is 11.8 Å². The van der Waals surface area contributed by atoms with Gasteiger partial charge in [0.15, 0.2) is 0 Å².